The summed E-state index contributed by atoms with van der Waals surface area (Å²) in [4.78, 5) is 20.3. The number of halogens is 24. The largest absolute Gasteiger partial charge is 0.420 e. The smallest absolute Gasteiger partial charge is 0.354 e. The van der Waals surface area contributed by atoms with E-state index in [1.54, 1.807) is 19.9 Å². The summed E-state index contributed by atoms with van der Waals surface area (Å²) in [6.07, 6.45) is -43.8. The first-order valence-electron chi connectivity index (χ1n) is 21.6. The summed E-state index contributed by atoms with van der Waals surface area (Å²) >= 11 is 0. The highest BCUT2D eigenvalue weighted by Crippen LogP contribution is 2.46. The van der Waals surface area contributed by atoms with Crippen molar-refractivity contribution in [3.63, 3.8) is 0 Å². The average Bonchev–Trinajstić information content (AvgIpc) is 4.10. The van der Waals surface area contributed by atoms with Gasteiger partial charge in [-0.15, -0.1) is 0 Å². The molecule has 16 bridgehead atoms. The van der Waals surface area contributed by atoms with Crippen LogP contribution in [0.4, 0.5) is 105 Å². The number of rotatable bonds is 0. The van der Waals surface area contributed by atoms with Crippen molar-refractivity contribution < 1.29 is 105 Å². The summed E-state index contributed by atoms with van der Waals surface area (Å²) in [6.45, 7) is 0. The van der Waals surface area contributed by atoms with E-state index in [2.05, 4.69) is 20.0 Å². The Morgan fingerprint density at radius 2 is 0.388 bits per heavy atom. The molecule has 0 unspecified atom stereocenters. The Morgan fingerprint density at radius 3 is 0.550 bits per heavy atom. The first kappa shape index (κ1) is 56.2. The Hall–Kier alpha value is -8.48. The molecule has 9 rings (SSSR count). The van der Waals surface area contributed by atoms with Gasteiger partial charge in [-0.05, 0) is 97.1 Å². The highest BCUT2D eigenvalue weighted by atomic mass is 19.4. The van der Waals surface area contributed by atoms with Gasteiger partial charge in [-0.25, -0.2) is 20.0 Å². The lowest BCUT2D eigenvalue weighted by Gasteiger charge is -2.14. The highest BCUT2D eigenvalue weighted by molar-refractivity contribution is 6.30. The Morgan fingerprint density at radius 1 is 0.212 bits per heavy atom. The topological polar surface area (TPSA) is 113 Å². The second-order valence-corrected chi connectivity index (χ2v) is 17.0. The normalized spacial score (nSPS) is 18.3. The minimum Gasteiger partial charge on any atom is -0.354 e. The lowest BCUT2D eigenvalue weighted by Crippen LogP contribution is -2.30. The molecule has 4 aromatic rings. The fourth-order valence-corrected chi connectivity index (χ4v) is 8.80. The van der Waals surface area contributed by atoms with Crippen LogP contribution in [0.2, 0.25) is 0 Å². The maximum atomic E-state index is 14.9. The van der Waals surface area contributed by atoms with E-state index in [-0.39, 0.29) is 48.6 Å². The predicted octanol–water partition coefficient (Wildman–Crippen LogP) is 12.1. The van der Waals surface area contributed by atoms with Crippen LogP contribution in [0, 0.1) is 0 Å². The summed E-state index contributed by atoms with van der Waals surface area (Å²) in [6, 6.07) is 2.41. The molecule has 4 N–H and O–H groups in total. The molecule has 0 aromatic carbocycles. The van der Waals surface area contributed by atoms with Crippen molar-refractivity contribution in [2.45, 2.75) is 49.4 Å². The zero-order chi connectivity index (χ0) is 58.8. The van der Waals surface area contributed by atoms with Gasteiger partial charge in [0.05, 0.1) is 89.8 Å². The van der Waals surface area contributed by atoms with Crippen molar-refractivity contribution in [2.24, 2.45) is 20.0 Å². The van der Waals surface area contributed by atoms with Gasteiger partial charge in [-0.2, -0.15) is 105 Å². The fraction of sp³-hybridized carbons (Fsp3) is 0.167. The zero-order valence-electron chi connectivity index (χ0n) is 38.1. The molecule has 80 heavy (non-hydrogen) atoms. The average molecular weight is 1160 g/mol. The van der Waals surface area contributed by atoms with Crippen LogP contribution < -0.4 is 21.4 Å². The number of aromatic nitrogens is 4. The number of aliphatic imine (C=N–C) groups is 4. The second kappa shape index (κ2) is 18.6. The molecule has 4 aromatic heterocycles. The fourth-order valence-electron chi connectivity index (χ4n) is 8.80. The SMILES string of the molecule is FC(F)(F)C1=C2C=CC(=N2)C(C(F)(F)F)=c2ccc([nH]2)=C(C(F)(F)F)C2=NC(=C(C(F)(F)F)c3ccc([nH]3)C(C(F)(F)F)=C3C=CC(=N3)C(C(F)(F)F)=c3ccc([nH]3)=C(C(F)(F)F)C3=NC(=C(C(F)(F)F)c4ccc1[nH]4)C=C3)C=C2. The van der Waals surface area contributed by atoms with Gasteiger partial charge >= 0.3 is 49.4 Å². The minimum atomic E-state index is -5.74. The van der Waals surface area contributed by atoms with E-state index in [0.29, 0.717) is 48.5 Å². The van der Waals surface area contributed by atoms with Crippen molar-refractivity contribution >= 4 is 67.4 Å². The van der Waals surface area contributed by atoms with Crippen LogP contribution >= 0.6 is 0 Å². The van der Waals surface area contributed by atoms with E-state index < -0.39 is 184 Å². The molecule has 0 amide bonds. The van der Waals surface area contributed by atoms with Crippen molar-refractivity contribution in [3.8, 4) is 0 Å². The number of fused-ring (bicyclic) bond motifs is 12. The molecule has 5 aliphatic heterocycles. The third kappa shape index (κ3) is 10.6. The number of hydrogen-bond acceptors (Lipinski definition) is 4. The van der Waals surface area contributed by atoms with Crippen molar-refractivity contribution in [2.75, 3.05) is 0 Å². The molecule has 0 fully saturated rings. The molecule has 0 saturated carbocycles. The summed E-state index contributed by atoms with van der Waals surface area (Å²) in [5.41, 5.74) is -33.9. The lowest BCUT2D eigenvalue weighted by molar-refractivity contribution is -0.0710. The Kier molecular flexibility index (Phi) is 13.0. The molecule has 8 nitrogen and oxygen atoms in total. The molecule has 0 atom stereocenters. The molecule has 420 valence electrons. The van der Waals surface area contributed by atoms with Crippen LogP contribution in [0.5, 0.6) is 0 Å². The molecular formula is C48H20F24N8. The number of H-pyrrole nitrogens is 4. The maximum absolute atomic E-state index is 14.9. The monoisotopic (exact) mass is 1160 g/mol. The number of aromatic amines is 4. The summed E-state index contributed by atoms with van der Waals surface area (Å²) in [5, 5.41) is -5.51. The van der Waals surface area contributed by atoms with Gasteiger partial charge in [0, 0.05) is 0 Å². The molecule has 0 aliphatic carbocycles. The number of nitrogens with zero attached hydrogens (tertiary/aromatic N) is 4. The number of nitrogens with one attached hydrogen (secondary N) is 4. The molecule has 0 spiro atoms. The number of hydrogen-bond donors (Lipinski definition) is 4. The predicted molar refractivity (Wildman–Crippen MR) is 238 cm³/mol. The van der Waals surface area contributed by atoms with Crippen LogP contribution in [-0.4, -0.2) is 92.2 Å². The molecule has 32 heteroatoms. The van der Waals surface area contributed by atoms with Gasteiger partial charge in [0.25, 0.3) is 0 Å². The summed E-state index contributed by atoms with van der Waals surface area (Å²) < 4.78 is 356. The van der Waals surface area contributed by atoms with Crippen LogP contribution in [0.25, 0.3) is 44.6 Å². The highest BCUT2D eigenvalue weighted by Gasteiger charge is 2.48. The second-order valence-electron chi connectivity index (χ2n) is 17.0. The van der Waals surface area contributed by atoms with E-state index in [9.17, 15) is 105 Å². The van der Waals surface area contributed by atoms with Crippen LogP contribution in [0.3, 0.4) is 0 Å². The zero-order valence-corrected chi connectivity index (χ0v) is 38.1. The number of allylic oxidation sites excluding steroid dienone is 12. The molecule has 0 radical (unpaired) electrons. The van der Waals surface area contributed by atoms with E-state index >= 15 is 0 Å². The lowest BCUT2D eigenvalue weighted by atomic mass is 10.1. The van der Waals surface area contributed by atoms with Crippen molar-refractivity contribution in [3.05, 3.63) is 164 Å². The molecule has 9 heterocycles. The van der Waals surface area contributed by atoms with Gasteiger partial charge < -0.3 is 19.9 Å². The summed E-state index contributed by atoms with van der Waals surface area (Å²) in [5.74, 6) is 0. The maximum Gasteiger partial charge on any atom is 0.420 e. The van der Waals surface area contributed by atoms with E-state index in [4.69, 9.17) is 0 Å². The first-order valence-corrected chi connectivity index (χ1v) is 21.6. The van der Waals surface area contributed by atoms with Gasteiger partial charge in [-0.3, -0.25) is 0 Å². The van der Waals surface area contributed by atoms with Gasteiger partial charge in [-0.1, -0.05) is 0 Å². The van der Waals surface area contributed by atoms with E-state index in [1.165, 1.54) is 0 Å². The first-order chi connectivity index (χ1) is 36.7. The van der Waals surface area contributed by atoms with Crippen LogP contribution in [0.15, 0.2) is 140 Å². The van der Waals surface area contributed by atoms with E-state index in [0.717, 1.165) is 0 Å². The summed E-state index contributed by atoms with van der Waals surface area (Å²) in [7, 11) is 0. The third-order valence-corrected chi connectivity index (χ3v) is 11.8. The van der Waals surface area contributed by atoms with Crippen molar-refractivity contribution in [1.82, 2.24) is 19.9 Å². The van der Waals surface area contributed by atoms with Crippen molar-refractivity contribution in [1.29, 1.82) is 0 Å². The van der Waals surface area contributed by atoms with Crippen LogP contribution in [-0.2, 0) is 0 Å². The molecule has 0 saturated heterocycles. The van der Waals surface area contributed by atoms with E-state index in [1.807, 2.05) is 0 Å². The van der Waals surface area contributed by atoms with Crippen LogP contribution in [0.1, 0.15) is 22.8 Å². The Bertz CT molecular complexity index is 3460. The Labute approximate surface area is 425 Å². The Balaban J connectivity index is 1.37. The van der Waals surface area contributed by atoms with Gasteiger partial charge in [0.2, 0.25) is 0 Å². The minimum absolute atomic E-state index is 0.272. The quantitative estimate of drug-likeness (QED) is 0.126. The third-order valence-electron chi connectivity index (χ3n) is 11.8. The number of alkyl halides is 24. The van der Waals surface area contributed by atoms with Gasteiger partial charge in [0.15, 0.2) is 0 Å². The molecular weight excluding hydrogens is 1140 g/mol. The molecule has 5 aliphatic rings. The van der Waals surface area contributed by atoms with Gasteiger partial charge in [0.1, 0.15) is 44.6 Å². The standard InChI is InChI=1S/C48H20F24N8/c49-41(50,51)33-17-1-2-18(73-17)34(42(52,53)54)20-5-6-22(75-20)36(44(58,59)60)24-9-10-26(77-24)38(46(64,65)66)28-13-14-30(79-28)40(48(70,71)72)32-16-15-31(80-32)39(47(67,68)69)29-12-11-27(78-29)37(45(61,62)63)25-8-7-23(76-25)35(43(55,56)57)21-4-3-19(33)74-21/h1-16,73,76-77,80H.